The smallest absolute Gasteiger partial charge is 0.154 e. The van der Waals surface area contributed by atoms with E-state index in [0.29, 0.717) is 0 Å². The first kappa shape index (κ1) is 14.9. The maximum absolute atomic E-state index is 11.5. The first-order valence-electron chi connectivity index (χ1n) is 6.13. The standard InChI is InChI=1S/C11H24N2O3S/c1-4-13(7-5-6-12(2)3)10-8-17(15,16)9-11(10)14/h10-11,14H,4-9H2,1-3H3. The highest BCUT2D eigenvalue weighted by molar-refractivity contribution is 7.91. The molecule has 1 rings (SSSR count). The van der Waals surface area contributed by atoms with Crippen LogP contribution in [0.4, 0.5) is 0 Å². The molecule has 1 heterocycles. The molecule has 2 unspecified atom stereocenters. The van der Waals surface area contributed by atoms with Crippen LogP contribution < -0.4 is 0 Å². The van der Waals surface area contributed by atoms with Crippen LogP contribution in [0, 0.1) is 0 Å². The second kappa shape index (κ2) is 6.13. The van der Waals surface area contributed by atoms with Gasteiger partial charge in [-0.15, -0.1) is 0 Å². The molecule has 0 spiro atoms. The third-order valence-electron chi connectivity index (χ3n) is 3.22. The van der Waals surface area contributed by atoms with Crippen molar-refractivity contribution < 1.29 is 13.5 Å². The molecule has 0 saturated carbocycles. The van der Waals surface area contributed by atoms with E-state index in [-0.39, 0.29) is 17.5 Å². The van der Waals surface area contributed by atoms with E-state index in [1.54, 1.807) is 0 Å². The Balaban J connectivity index is 2.50. The number of hydrogen-bond acceptors (Lipinski definition) is 5. The number of aliphatic hydroxyl groups is 1. The lowest BCUT2D eigenvalue weighted by molar-refractivity contribution is 0.0843. The fourth-order valence-corrected chi connectivity index (χ4v) is 4.14. The van der Waals surface area contributed by atoms with Crippen LogP contribution in [0.5, 0.6) is 0 Å². The molecule has 1 aliphatic heterocycles. The summed E-state index contributed by atoms with van der Waals surface area (Å²) in [4.78, 5) is 4.19. The lowest BCUT2D eigenvalue weighted by atomic mass is 10.1. The lowest BCUT2D eigenvalue weighted by Crippen LogP contribution is -2.44. The molecular formula is C11H24N2O3S. The van der Waals surface area contributed by atoms with Gasteiger partial charge in [0.05, 0.1) is 23.7 Å². The van der Waals surface area contributed by atoms with E-state index in [9.17, 15) is 13.5 Å². The van der Waals surface area contributed by atoms with Crippen molar-refractivity contribution in [3.63, 3.8) is 0 Å². The van der Waals surface area contributed by atoms with Crippen LogP contribution in [0.3, 0.4) is 0 Å². The zero-order chi connectivity index (χ0) is 13.1. The monoisotopic (exact) mass is 264 g/mol. The third kappa shape index (κ3) is 4.54. The van der Waals surface area contributed by atoms with Crippen molar-refractivity contribution in [3.8, 4) is 0 Å². The third-order valence-corrected chi connectivity index (χ3v) is 4.92. The van der Waals surface area contributed by atoms with Gasteiger partial charge >= 0.3 is 0 Å². The summed E-state index contributed by atoms with van der Waals surface area (Å²) in [6, 6.07) is -0.216. The first-order valence-corrected chi connectivity index (χ1v) is 7.95. The van der Waals surface area contributed by atoms with E-state index in [1.807, 2.05) is 21.0 Å². The van der Waals surface area contributed by atoms with E-state index in [2.05, 4.69) is 9.80 Å². The molecule has 1 saturated heterocycles. The summed E-state index contributed by atoms with van der Waals surface area (Å²) in [7, 11) is 0.995. The van der Waals surface area contributed by atoms with Crippen molar-refractivity contribution in [2.24, 2.45) is 0 Å². The molecule has 1 aliphatic rings. The zero-order valence-electron chi connectivity index (χ0n) is 11.0. The average Bonchev–Trinajstić information content (AvgIpc) is 2.47. The van der Waals surface area contributed by atoms with Gasteiger partial charge in [0.2, 0.25) is 0 Å². The molecule has 0 aliphatic carbocycles. The second-order valence-electron chi connectivity index (χ2n) is 5.00. The maximum Gasteiger partial charge on any atom is 0.154 e. The van der Waals surface area contributed by atoms with Crippen LogP contribution in [0.1, 0.15) is 13.3 Å². The van der Waals surface area contributed by atoms with Crippen molar-refractivity contribution >= 4 is 9.84 Å². The minimum absolute atomic E-state index is 0.0815. The van der Waals surface area contributed by atoms with Gasteiger partial charge in [-0.3, -0.25) is 4.90 Å². The Morgan fingerprint density at radius 1 is 1.24 bits per heavy atom. The summed E-state index contributed by atoms with van der Waals surface area (Å²) in [5.74, 6) is 0.0197. The molecular weight excluding hydrogens is 240 g/mol. The van der Waals surface area contributed by atoms with Crippen molar-refractivity contribution in [3.05, 3.63) is 0 Å². The lowest BCUT2D eigenvalue weighted by Gasteiger charge is -2.29. The quantitative estimate of drug-likeness (QED) is 0.695. The van der Waals surface area contributed by atoms with Crippen LogP contribution in [0.15, 0.2) is 0 Å². The minimum atomic E-state index is -3.04. The van der Waals surface area contributed by atoms with Gasteiger partial charge in [-0.25, -0.2) is 8.42 Å². The molecule has 102 valence electrons. The zero-order valence-corrected chi connectivity index (χ0v) is 11.8. The number of hydrogen-bond donors (Lipinski definition) is 1. The van der Waals surface area contributed by atoms with Gasteiger partial charge in [0.1, 0.15) is 0 Å². The molecule has 1 N–H and O–H groups in total. The number of sulfone groups is 1. The van der Waals surface area contributed by atoms with Crippen molar-refractivity contribution in [2.45, 2.75) is 25.5 Å². The Kier molecular flexibility index (Phi) is 5.37. The molecule has 2 atom stereocenters. The minimum Gasteiger partial charge on any atom is -0.390 e. The Hall–Kier alpha value is -0.170. The number of nitrogens with zero attached hydrogens (tertiary/aromatic N) is 2. The van der Waals surface area contributed by atoms with Crippen LogP contribution in [0.2, 0.25) is 0 Å². The maximum atomic E-state index is 11.5. The molecule has 5 nitrogen and oxygen atoms in total. The van der Waals surface area contributed by atoms with Gasteiger partial charge in [-0.05, 0) is 40.2 Å². The Labute approximate surface area is 104 Å². The van der Waals surface area contributed by atoms with Gasteiger partial charge in [0.25, 0.3) is 0 Å². The molecule has 1 fully saturated rings. The largest absolute Gasteiger partial charge is 0.390 e. The summed E-state index contributed by atoms with van der Waals surface area (Å²) in [5.41, 5.74) is 0. The summed E-state index contributed by atoms with van der Waals surface area (Å²) < 4.78 is 22.9. The number of rotatable bonds is 6. The van der Waals surface area contributed by atoms with Crippen LogP contribution in [-0.2, 0) is 9.84 Å². The van der Waals surface area contributed by atoms with Gasteiger partial charge in [-0.1, -0.05) is 6.92 Å². The van der Waals surface area contributed by atoms with Gasteiger partial charge in [-0.2, -0.15) is 0 Å². The van der Waals surface area contributed by atoms with E-state index >= 15 is 0 Å². The Morgan fingerprint density at radius 3 is 2.29 bits per heavy atom. The molecule has 0 aromatic rings. The van der Waals surface area contributed by atoms with E-state index in [1.165, 1.54) is 0 Å². The highest BCUT2D eigenvalue weighted by atomic mass is 32.2. The highest BCUT2D eigenvalue weighted by Crippen LogP contribution is 2.18. The van der Waals surface area contributed by atoms with Gasteiger partial charge < -0.3 is 10.0 Å². The van der Waals surface area contributed by atoms with Crippen LogP contribution in [-0.4, -0.2) is 80.7 Å². The first-order chi connectivity index (χ1) is 7.85. The second-order valence-corrected chi connectivity index (χ2v) is 7.15. The van der Waals surface area contributed by atoms with Crippen molar-refractivity contribution in [2.75, 3.05) is 45.2 Å². The fraction of sp³-hybridized carbons (Fsp3) is 1.00. The molecule has 0 bridgehead atoms. The molecule has 0 radical (unpaired) electrons. The van der Waals surface area contributed by atoms with Crippen molar-refractivity contribution in [1.82, 2.24) is 9.80 Å². The predicted octanol–water partition coefficient (Wildman–Crippen LogP) is -0.582. The molecule has 0 aromatic heterocycles. The SMILES string of the molecule is CCN(CCCN(C)C)C1CS(=O)(=O)CC1O. The normalized spacial score (nSPS) is 28.1. The predicted molar refractivity (Wildman–Crippen MR) is 68.9 cm³/mol. The van der Waals surface area contributed by atoms with Gasteiger partial charge in [0.15, 0.2) is 9.84 Å². The molecule has 0 aromatic carbocycles. The van der Waals surface area contributed by atoms with E-state index in [0.717, 1.165) is 26.1 Å². The fourth-order valence-electron chi connectivity index (χ4n) is 2.31. The summed E-state index contributed by atoms with van der Waals surface area (Å²) >= 11 is 0. The highest BCUT2D eigenvalue weighted by Gasteiger charge is 2.39. The van der Waals surface area contributed by atoms with Crippen LogP contribution in [0.25, 0.3) is 0 Å². The molecule has 6 heteroatoms. The summed E-state index contributed by atoms with van der Waals surface area (Å²) in [6.45, 7) is 4.61. The molecule has 0 amide bonds. The topological polar surface area (TPSA) is 60.9 Å². The number of aliphatic hydroxyl groups excluding tert-OH is 1. The number of likely N-dealkylation sites (N-methyl/N-ethyl adjacent to an activating group) is 1. The van der Waals surface area contributed by atoms with E-state index < -0.39 is 15.9 Å². The summed E-state index contributed by atoms with van der Waals surface area (Å²) in [5, 5.41) is 9.80. The average molecular weight is 264 g/mol. The van der Waals surface area contributed by atoms with Crippen molar-refractivity contribution in [1.29, 1.82) is 0 Å². The van der Waals surface area contributed by atoms with Gasteiger partial charge in [0, 0.05) is 0 Å². The van der Waals surface area contributed by atoms with E-state index in [4.69, 9.17) is 0 Å². The Morgan fingerprint density at radius 2 is 1.88 bits per heavy atom. The van der Waals surface area contributed by atoms with Crippen LogP contribution >= 0.6 is 0 Å². The summed E-state index contributed by atoms with van der Waals surface area (Å²) in [6.07, 6.45) is 0.267. The molecule has 17 heavy (non-hydrogen) atoms. The Bertz CT molecular complexity index is 330.